The van der Waals surface area contributed by atoms with E-state index in [-0.39, 0.29) is 0 Å². The maximum absolute atomic E-state index is 8.36. The minimum Gasteiger partial charge on any atom is -0.328 e. The van der Waals surface area contributed by atoms with E-state index in [1.54, 1.807) is 6.20 Å². The number of hydrogen-bond acceptors (Lipinski definition) is 5. The number of rotatable bonds is 3. The monoisotopic (exact) mass is 403 g/mol. The lowest BCUT2D eigenvalue weighted by Crippen LogP contribution is -2.40. The quantitative estimate of drug-likeness (QED) is 0.506. The molecule has 2 aromatic rings. The van der Waals surface area contributed by atoms with E-state index in [2.05, 4.69) is 39.8 Å². The van der Waals surface area contributed by atoms with Gasteiger partial charge in [0.15, 0.2) is 0 Å². The minimum atomic E-state index is -1.50. The maximum atomic E-state index is 8.36. The van der Waals surface area contributed by atoms with Crippen LogP contribution in [0.3, 0.4) is 0 Å². The summed E-state index contributed by atoms with van der Waals surface area (Å²) in [4.78, 5) is 8.36. The molecule has 1 aromatic heterocycles. The summed E-state index contributed by atoms with van der Waals surface area (Å²) in [6, 6.07) is 9.93. The summed E-state index contributed by atoms with van der Waals surface area (Å²) < 4.78 is 0. The highest BCUT2D eigenvalue weighted by Gasteiger charge is 2.19. The predicted octanol–water partition coefficient (Wildman–Crippen LogP) is 4.67. The van der Waals surface area contributed by atoms with Crippen molar-refractivity contribution in [3.05, 3.63) is 46.1 Å². The lowest BCUT2D eigenvalue weighted by molar-refractivity contribution is -0.742. The third-order valence-electron chi connectivity index (χ3n) is 5.44. The normalized spacial score (nSPS) is 17.4. The van der Waals surface area contributed by atoms with Crippen LogP contribution in [0.1, 0.15) is 69.8 Å². The van der Waals surface area contributed by atoms with Gasteiger partial charge in [-0.25, -0.2) is 0 Å². The second-order valence-corrected chi connectivity index (χ2v) is 7.80. The molecule has 29 heavy (non-hydrogen) atoms. The Hall–Kier alpha value is -2.48. The third-order valence-corrected chi connectivity index (χ3v) is 5.44. The molecule has 160 valence electrons. The van der Waals surface area contributed by atoms with Crippen LogP contribution in [0.15, 0.2) is 30.5 Å². The number of aromatic amines is 1. The molecule has 0 bridgehead atoms. The fourth-order valence-electron chi connectivity index (χ4n) is 3.94. The first-order valence-electron chi connectivity index (χ1n) is 10.6. The van der Waals surface area contributed by atoms with Crippen LogP contribution < -0.4 is 5.32 Å². The molecule has 0 saturated heterocycles. The van der Waals surface area contributed by atoms with Crippen LogP contribution in [-0.2, 0) is 0 Å². The molecule has 1 aromatic carbocycles. The molecule has 1 heterocycles. The van der Waals surface area contributed by atoms with E-state index in [4.69, 9.17) is 15.3 Å². The van der Waals surface area contributed by atoms with E-state index < -0.39 is 5.09 Å². The molecule has 4 rings (SSSR count). The van der Waals surface area contributed by atoms with Gasteiger partial charge in [0.2, 0.25) is 0 Å². The van der Waals surface area contributed by atoms with Crippen molar-refractivity contribution in [2.75, 3.05) is 0 Å². The molecule has 0 spiro atoms. The number of aromatic nitrogens is 3. The summed E-state index contributed by atoms with van der Waals surface area (Å²) in [6.07, 6.45) is 16.3. The van der Waals surface area contributed by atoms with Gasteiger partial charge in [-0.2, -0.15) is 15.4 Å². The fraction of sp³-hybridized carbons (Fsp3) is 0.619. The summed E-state index contributed by atoms with van der Waals surface area (Å²) in [5.74, 6) is 0. The van der Waals surface area contributed by atoms with Gasteiger partial charge in [-0.1, -0.05) is 68.4 Å². The minimum absolute atomic E-state index is 0.872. The number of benzene rings is 1. The van der Waals surface area contributed by atoms with Crippen molar-refractivity contribution in [1.82, 2.24) is 20.7 Å². The zero-order chi connectivity index (χ0) is 20.9. The van der Waals surface area contributed by atoms with Gasteiger partial charge in [-0.15, -0.1) is 10.1 Å². The summed E-state index contributed by atoms with van der Waals surface area (Å²) in [7, 11) is 0. The molecule has 0 unspecified atom stereocenters. The van der Waals surface area contributed by atoms with Crippen LogP contribution >= 0.6 is 0 Å². The SMILES string of the molecule is C1CCC(NC2CCCCC2)CC1.Cc1ccc(-c2cn[nH]n2)cc1.O=[N+]([O-])O. The third kappa shape index (κ3) is 9.51. The molecular formula is C21H33N5O3. The first-order chi connectivity index (χ1) is 14.0. The average molecular weight is 404 g/mol. The van der Waals surface area contributed by atoms with Gasteiger partial charge in [-0.3, -0.25) is 0 Å². The standard InChI is InChI=1S/C12H23N.C9H9N3.HNO3/c1-3-7-11(8-4-1)13-12-9-5-2-6-10-12;1-7-2-4-8(5-3-7)9-6-10-12-11-9;2-1(3)4/h11-13H,1-10H2;2-6H,1H3,(H,10,11,12);(H,2,3,4). The second-order valence-electron chi connectivity index (χ2n) is 7.80. The highest BCUT2D eigenvalue weighted by atomic mass is 16.9. The summed E-state index contributed by atoms with van der Waals surface area (Å²) in [5, 5.41) is 27.8. The van der Waals surface area contributed by atoms with E-state index >= 15 is 0 Å². The molecule has 2 aliphatic carbocycles. The Bertz CT molecular complexity index is 659. The van der Waals surface area contributed by atoms with E-state index in [0.29, 0.717) is 0 Å². The van der Waals surface area contributed by atoms with E-state index in [1.807, 2.05) is 12.1 Å². The summed E-state index contributed by atoms with van der Waals surface area (Å²) in [6.45, 7) is 2.06. The van der Waals surface area contributed by atoms with E-state index in [1.165, 1.54) is 69.8 Å². The first kappa shape index (κ1) is 22.8. The first-order valence-corrected chi connectivity index (χ1v) is 10.6. The van der Waals surface area contributed by atoms with Crippen molar-refractivity contribution < 1.29 is 10.3 Å². The Balaban J connectivity index is 0.000000176. The van der Waals surface area contributed by atoms with Gasteiger partial charge in [-0.05, 0) is 32.6 Å². The molecular weight excluding hydrogens is 370 g/mol. The zero-order valence-corrected chi connectivity index (χ0v) is 17.2. The van der Waals surface area contributed by atoms with Crippen molar-refractivity contribution in [3.63, 3.8) is 0 Å². The molecule has 8 nitrogen and oxygen atoms in total. The predicted molar refractivity (Wildman–Crippen MR) is 112 cm³/mol. The summed E-state index contributed by atoms with van der Waals surface area (Å²) in [5.41, 5.74) is 3.23. The van der Waals surface area contributed by atoms with Gasteiger partial charge < -0.3 is 10.5 Å². The van der Waals surface area contributed by atoms with Crippen LogP contribution in [0.2, 0.25) is 0 Å². The van der Waals surface area contributed by atoms with Crippen LogP contribution in [0.25, 0.3) is 11.3 Å². The Labute approximate surface area is 172 Å². The number of nitrogens with zero attached hydrogens (tertiary/aromatic N) is 3. The Morgan fingerprint density at radius 1 is 1.00 bits per heavy atom. The van der Waals surface area contributed by atoms with Gasteiger partial charge in [0.25, 0.3) is 5.09 Å². The van der Waals surface area contributed by atoms with Crippen molar-refractivity contribution in [2.24, 2.45) is 0 Å². The lowest BCUT2D eigenvalue weighted by atomic mass is 9.91. The van der Waals surface area contributed by atoms with Crippen LogP contribution in [0, 0.1) is 17.0 Å². The molecule has 8 heteroatoms. The fourth-order valence-corrected chi connectivity index (χ4v) is 3.94. The molecule has 2 saturated carbocycles. The Morgan fingerprint density at radius 3 is 1.90 bits per heavy atom. The van der Waals surface area contributed by atoms with E-state index in [9.17, 15) is 0 Å². The van der Waals surface area contributed by atoms with Crippen molar-refractivity contribution in [2.45, 2.75) is 83.2 Å². The van der Waals surface area contributed by atoms with Crippen molar-refractivity contribution in [1.29, 1.82) is 0 Å². The second kappa shape index (κ2) is 12.9. The summed E-state index contributed by atoms with van der Waals surface area (Å²) >= 11 is 0. The molecule has 0 atom stereocenters. The maximum Gasteiger partial charge on any atom is 0.291 e. The Kier molecular flexibility index (Phi) is 10.1. The van der Waals surface area contributed by atoms with Gasteiger partial charge in [0.1, 0.15) is 5.69 Å². The molecule has 3 N–H and O–H groups in total. The number of aryl methyl sites for hydroxylation is 1. The lowest BCUT2D eigenvalue weighted by Gasteiger charge is -2.30. The zero-order valence-electron chi connectivity index (χ0n) is 17.2. The Morgan fingerprint density at radius 2 is 1.48 bits per heavy atom. The van der Waals surface area contributed by atoms with E-state index in [0.717, 1.165) is 23.3 Å². The molecule has 2 fully saturated rings. The molecule has 0 radical (unpaired) electrons. The largest absolute Gasteiger partial charge is 0.328 e. The van der Waals surface area contributed by atoms with Crippen LogP contribution in [0.4, 0.5) is 0 Å². The van der Waals surface area contributed by atoms with Gasteiger partial charge >= 0.3 is 0 Å². The van der Waals surface area contributed by atoms with Crippen LogP contribution in [0.5, 0.6) is 0 Å². The number of nitrogens with one attached hydrogen (secondary N) is 2. The molecule has 2 aliphatic rings. The van der Waals surface area contributed by atoms with Crippen molar-refractivity contribution >= 4 is 0 Å². The van der Waals surface area contributed by atoms with Gasteiger partial charge in [0, 0.05) is 17.6 Å². The highest BCUT2D eigenvalue weighted by molar-refractivity contribution is 5.57. The van der Waals surface area contributed by atoms with Gasteiger partial charge in [0.05, 0.1) is 6.20 Å². The smallest absolute Gasteiger partial charge is 0.291 e. The number of hydrogen-bond donors (Lipinski definition) is 3. The average Bonchev–Trinajstić information content (AvgIpc) is 3.25. The molecule has 0 aliphatic heterocycles. The molecule has 0 amide bonds. The number of H-pyrrole nitrogens is 1. The highest BCUT2D eigenvalue weighted by Crippen LogP contribution is 2.22. The van der Waals surface area contributed by atoms with Crippen LogP contribution in [-0.4, -0.2) is 37.8 Å². The topological polar surface area (TPSA) is 117 Å². The van der Waals surface area contributed by atoms with Crippen molar-refractivity contribution in [3.8, 4) is 11.3 Å².